The number of ether oxygens (including phenoxy) is 1. The van der Waals surface area contributed by atoms with Crippen LogP contribution in [0.2, 0.25) is 0 Å². The highest BCUT2D eigenvalue weighted by molar-refractivity contribution is 8.01. The largest absolute Gasteiger partial charge is 0.497 e. The molecule has 1 unspecified atom stereocenters. The van der Waals surface area contributed by atoms with Crippen molar-refractivity contribution in [3.63, 3.8) is 0 Å². The van der Waals surface area contributed by atoms with Crippen molar-refractivity contribution in [1.82, 2.24) is 10.2 Å². The minimum atomic E-state index is -0.779. The van der Waals surface area contributed by atoms with Crippen molar-refractivity contribution in [2.45, 2.75) is 43.0 Å². The summed E-state index contributed by atoms with van der Waals surface area (Å²) in [4.78, 5) is 40.6. The highest BCUT2D eigenvalue weighted by Crippen LogP contribution is 2.56. The second kappa shape index (κ2) is 7.92. The Morgan fingerprint density at radius 1 is 1.16 bits per heavy atom. The summed E-state index contributed by atoms with van der Waals surface area (Å²) >= 11 is 1.59. The van der Waals surface area contributed by atoms with E-state index in [1.54, 1.807) is 61.0 Å². The number of carbonyl (C=O) groups is 3. The zero-order chi connectivity index (χ0) is 22.3. The highest BCUT2D eigenvalue weighted by Gasteiger charge is 2.57. The number of carbonyl (C=O) groups excluding carboxylic acids is 3. The third kappa shape index (κ3) is 3.76. The molecule has 4 rings (SSSR count). The number of amides is 3. The predicted molar refractivity (Wildman–Crippen MR) is 120 cm³/mol. The van der Waals surface area contributed by atoms with E-state index in [9.17, 15) is 14.4 Å². The van der Waals surface area contributed by atoms with E-state index >= 15 is 0 Å². The van der Waals surface area contributed by atoms with E-state index in [0.717, 1.165) is 5.56 Å². The summed E-state index contributed by atoms with van der Waals surface area (Å²) in [5.74, 6) is -0.211. The molecule has 3 atom stereocenters. The average Bonchev–Trinajstić information content (AvgIpc) is 3.17. The van der Waals surface area contributed by atoms with Gasteiger partial charge in [0.15, 0.2) is 0 Å². The van der Waals surface area contributed by atoms with Gasteiger partial charge in [-0.05, 0) is 44.5 Å². The number of hydrogen-bond donors (Lipinski definition) is 2. The van der Waals surface area contributed by atoms with Crippen LogP contribution in [-0.4, -0.2) is 46.6 Å². The van der Waals surface area contributed by atoms with Crippen molar-refractivity contribution in [3.05, 3.63) is 59.7 Å². The number of hydrogen-bond acceptors (Lipinski definition) is 5. The molecule has 2 aromatic rings. The van der Waals surface area contributed by atoms with Crippen LogP contribution in [0.4, 0.5) is 5.69 Å². The van der Waals surface area contributed by atoms with Crippen molar-refractivity contribution in [2.24, 2.45) is 0 Å². The van der Waals surface area contributed by atoms with E-state index < -0.39 is 16.8 Å². The molecule has 2 aliphatic heterocycles. The number of rotatable bonds is 5. The zero-order valence-electron chi connectivity index (χ0n) is 17.8. The molecule has 31 heavy (non-hydrogen) atoms. The summed E-state index contributed by atoms with van der Waals surface area (Å²) in [6.45, 7) is 5.54. The summed E-state index contributed by atoms with van der Waals surface area (Å²) in [6, 6.07) is 13.0. The van der Waals surface area contributed by atoms with Gasteiger partial charge >= 0.3 is 0 Å². The molecular formula is C23H25N3O4S. The Morgan fingerprint density at radius 3 is 2.65 bits per heavy atom. The minimum Gasteiger partial charge on any atom is -0.497 e. The van der Waals surface area contributed by atoms with Crippen LogP contribution < -0.4 is 15.4 Å². The standard InChI is InChI=1S/C23H25N3O4S/c1-13(19(27)25-14-8-7-9-15(12-14)30-4)24-20(28)18-23(2,3)31-22-17-11-6-5-10-16(17)21(29)26(18)22/h5-13,18,22H,1-4H3,(H,24,28)(H,25,27)/t13-,18+,22?/m0/s1. The van der Waals surface area contributed by atoms with Gasteiger partial charge < -0.3 is 20.3 Å². The lowest BCUT2D eigenvalue weighted by molar-refractivity contribution is -0.129. The van der Waals surface area contributed by atoms with Gasteiger partial charge in [-0.25, -0.2) is 0 Å². The molecule has 0 bridgehead atoms. The predicted octanol–water partition coefficient (Wildman–Crippen LogP) is 3.19. The highest BCUT2D eigenvalue weighted by atomic mass is 32.2. The molecular weight excluding hydrogens is 414 g/mol. The first-order chi connectivity index (χ1) is 14.7. The SMILES string of the molecule is COc1cccc(NC(=O)[C@H](C)NC(=O)[C@H]2N3C(=O)c4ccccc4C3SC2(C)C)c1. The first-order valence-electron chi connectivity index (χ1n) is 10.1. The summed E-state index contributed by atoms with van der Waals surface area (Å²) in [7, 11) is 1.55. The lowest BCUT2D eigenvalue weighted by Gasteiger charge is -2.30. The number of fused-ring (bicyclic) bond motifs is 3. The van der Waals surface area contributed by atoms with Crippen molar-refractivity contribution in [1.29, 1.82) is 0 Å². The summed E-state index contributed by atoms with van der Waals surface area (Å²) in [5, 5.41) is 5.38. The Bertz CT molecular complexity index is 1050. The van der Waals surface area contributed by atoms with E-state index in [-0.39, 0.29) is 23.1 Å². The van der Waals surface area contributed by atoms with Crippen LogP contribution in [0.25, 0.3) is 0 Å². The van der Waals surface area contributed by atoms with Gasteiger partial charge in [0.2, 0.25) is 11.8 Å². The van der Waals surface area contributed by atoms with Gasteiger partial charge in [0.1, 0.15) is 23.2 Å². The molecule has 3 amide bonds. The fraction of sp³-hybridized carbons (Fsp3) is 0.348. The molecule has 2 aromatic carbocycles. The van der Waals surface area contributed by atoms with Crippen LogP contribution in [0.5, 0.6) is 5.75 Å². The van der Waals surface area contributed by atoms with Crippen LogP contribution in [0.3, 0.4) is 0 Å². The maximum Gasteiger partial charge on any atom is 0.256 e. The fourth-order valence-electron chi connectivity index (χ4n) is 4.11. The van der Waals surface area contributed by atoms with Gasteiger partial charge in [0.05, 0.1) is 7.11 Å². The summed E-state index contributed by atoms with van der Waals surface area (Å²) < 4.78 is 4.67. The molecule has 0 spiro atoms. The number of nitrogens with zero attached hydrogens (tertiary/aromatic N) is 1. The lowest BCUT2D eigenvalue weighted by Crippen LogP contribution is -2.55. The average molecular weight is 440 g/mol. The maximum atomic E-state index is 13.2. The molecule has 0 saturated carbocycles. The van der Waals surface area contributed by atoms with E-state index in [2.05, 4.69) is 10.6 Å². The third-order valence-electron chi connectivity index (χ3n) is 5.63. The molecule has 0 aliphatic carbocycles. The van der Waals surface area contributed by atoms with Crippen LogP contribution in [0.15, 0.2) is 48.5 Å². The minimum absolute atomic E-state index is 0.146. The molecule has 1 fully saturated rings. The number of anilines is 1. The van der Waals surface area contributed by atoms with Gasteiger partial charge in [0.25, 0.3) is 5.91 Å². The zero-order valence-corrected chi connectivity index (χ0v) is 18.7. The number of thioether (sulfide) groups is 1. The molecule has 8 heteroatoms. The monoisotopic (exact) mass is 439 g/mol. The Kier molecular flexibility index (Phi) is 5.43. The Morgan fingerprint density at radius 2 is 1.90 bits per heavy atom. The molecule has 7 nitrogen and oxygen atoms in total. The Balaban J connectivity index is 1.48. The van der Waals surface area contributed by atoms with Crippen LogP contribution in [0, 0.1) is 0 Å². The molecule has 2 aliphatic rings. The molecule has 0 aromatic heterocycles. The second-order valence-electron chi connectivity index (χ2n) is 8.23. The van der Waals surface area contributed by atoms with Crippen LogP contribution in [-0.2, 0) is 9.59 Å². The normalized spacial score (nSPS) is 21.8. The maximum absolute atomic E-state index is 13.2. The molecule has 2 heterocycles. The topological polar surface area (TPSA) is 87.7 Å². The third-order valence-corrected chi connectivity index (χ3v) is 7.17. The lowest BCUT2D eigenvalue weighted by atomic mass is 10.0. The Hall–Kier alpha value is -3.00. The van der Waals surface area contributed by atoms with E-state index in [1.165, 1.54) is 0 Å². The first kappa shape index (κ1) is 21.2. The van der Waals surface area contributed by atoms with Gasteiger partial charge in [-0.1, -0.05) is 24.3 Å². The van der Waals surface area contributed by atoms with Gasteiger partial charge in [-0.15, -0.1) is 11.8 Å². The smallest absolute Gasteiger partial charge is 0.256 e. The first-order valence-corrected chi connectivity index (χ1v) is 11.0. The Labute approximate surface area is 185 Å². The quantitative estimate of drug-likeness (QED) is 0.747. The second-order valence-corrected chi connectivity index (χ2v) is 9.96. The van der Waals surface area contributed by atoms with E-state index in [0.29, 0.717) is 17.0 Å². The van der Waals surface area contributed by atoms with Crippen LogP contribution >= 0.6 is 11.8 Å². The number of methoxy groups -OCH3 is 1. The molecule has 162 valence electrons. The number of benzene rings is 2. The number of nitrogens with one attached hydrogen (secondary N) is 2. The fourth-order valence-corrected chi connectivity index (χ4v) is 5.70. The van der Waals surface area contributed by atoms with E-state index in [4.69, 9.17) is 4.74 Å². The van der Waals surface area contributed by atoms with Crippen molar-refractivity contribution >= 4 is 35.2 Å². The van der Waals surface area contributed by atoms with Crippen molar-refractivity contribution in [2.75, 3.05) is 12.4 Å². The van der Waals surface area contributed by atoms with Crippen LogP contribution in [0.1, 0.15) is 42.1 Å². The summed E-state index contributed by atoms with van der Waals surface area (Å²) in [5.41, 5.74) is 2.15. The summed E-state index contributed by atoms with van der Waals surface area (Å²) in [6.07, 6.45) is 0. The molecule has 2 N–H and O–H groups in total. The van der Waals surface area contributed by atoms with Gasteiger partial charge in [0, 0.05) is 22.1 Å². The molecule has 1 saturated heterocycles. The van der Waals surface area contributed by atoms with Crippen molar-refractivity contribution < 1.29 is 19.1 Å². The van der Waals surface area contributed by atoms with Crippen molar-refractivity contribution in [3.8, 4) is 5.75 Å². The van der Waals surface area contributed by atoms with E-state index in [1.807, 2.05) is 32.0 Å². The van der Waals surface area contributed by atoms with Gasteiger partial charge in [-0.3, -0.25) is 14.4 Å². The van der Waals surface area contributed by atoms with Gasteiger partial charge in [-0.2, -0.15) is 0 Å². The molecule has 0 radical (unpaired) electrons.